The quantitative estimate of drug-likeness (QED) is 0.380. The predicted molar refractivity (Wildman–Crippen MR) is 104 cm³/mol. The molecular formula is C22H31O3-. The lowest BCUT2D eigenvalue weighted by molar-refractivity contribution is -0.305. The highest BCUT2D eigenvalue weighted by atomic mass is 16.4. The smallest absolute Gasteiger partial charge is 0.0758 e. The van der Waals surface area contributed by atoms with E-state index in [1.807, 2.05) is 18.2 Å². The summed E-state index contributed by atoms with van der Waals surface area (Å²) in [6, 6.07) is 0. The van der Waals surface area contributed by atoms with Crippen LogP contribution in [0, 0.1) is 0 Å². The lowest BCUT2D eigenvalue weighted by Gasteiger charge is -2.00. The Bertz CT molecular complexity index is 493. The fraction of sp³-hybridized carbons (Fsp3) is 0.409. The third-order valence-electron chi connectivity index (χ3n) is 3.19. The highest BCUT2D eigenvalue weighted by molar-refractivity contribution is 5.64. The summed E-state index contributed by atoms with van der Waals surface area (Å²) in [6.07, 6.45) is 28.3. The molecule has 0 aliphatic carbocycles. The van der Waals surface area contributed by atoms with E-state index in [4.69, 9.17) is 0 Å². The minimum atomic E-state index is -1.05. The van der Waals surface area contributed by atoms with Crippen LogP contribution in [0.5, 0.6) is 0 Å². The topological polar surface area (TPSA) is 60.4 Å². The van der Waals surface area contributed by atoms with Crippen molar-refractivity contribution < 1.29 is 15.0 Å². The summed E-state index contributed by atoms with van der Waals surface area (Å²) in [6.45, 7) is 2.13. The standard InChI is InChI=1S/C22H32O3/c1-2-3-4-5-6-7-8-9-10-11-12-13-15-18-21(23)19-16-14-17-20-22(24)25/h3-4,6-7,9-10,12-16,18,21,23H,2,5,8,11,17,19-20H2,1H3,(H,24,25)/p-1/b4-3-,7-6-,10-9-,13-12-,16-14-,18-15+. The second-order valence-corrected chi connectivity index (χ2v) is 5.53. The van der Waals surface area contributed by atoms with E-state index in [0.29, 0.717) is 12.8 Å². The molecule has 0 bridgehead atoms. The number of carboxylic acids is 1. The van der Waals surface area contributed by atoms with Crippen LogP contribution in [0.2, 0.25) is 0 Å². The molecule has 1 atom stereocenters. The van der Waals surface area contributed by atoms with Crippen LogP contribution in [0.4, 0.5) is 0 Å². The van der Waals surface area contributed by atoms with Crippen molar-refractivity contribution in [2.45, 2.75) is 58.0 Å². The van der Waals surface area contributed by atoms with E-state index in [1.165, 1.54) is 0 Å². The van der Waals surface area contributed by atoms with Crippen LogP contribution in [0.1, 0.15) is 51.9 Å². The van der Waals surface area contributed by atoms with Gasteiger partial charge in [-0.1, -0.05) is 79.8 Å². The van der Waals surface area contributed by atoms with Crippen LogP contribution in [0.3, 0.4) is 0 Å². The summed E-state index contributed by atoms with van der Waals surface area (Å²) in [7, 11) is 0. The summed E-state index contributed by atoms with van der Waals surface area (Å²) in [5.74, 6) is -1.05. The fourth-order valence-electron chi connectivity index (χ4n) is 1.87. The number of rotatable bonds is 14. The first-order valence-corrected chi connectivity index (χ1v) is 8.98. The molecule has 0 radical (unpaired) electrons. The van der Waals surface area contributed by atoms with Gasteiger partial charge < -0.3 is 15.0 Å². The van der Waals surface area contributed by atoms with Gasteiger partial charge in [0.25, 0.3) is 0 Å². The Balaban J connectivity index is 3.71. The summed E-state index contributed by atoms with van der Waals surface area (Å²) in [5, 5.41) is 19.9. The monoisotopic (exact) mass is 343 g/mol. The minimum Gasteiger partial charge on any atom is -0.550 e. The van der Waals surface area contributed by atoms with Gasteiger partial charge in [-0.25, -0.2) is 0 Å². The number of carbonyl (C=O) groups excluding carboxylic acids is 1. The van der Waals surface area contributed by atoms with Crippen LogP contribution >= 0.6 is 0 Å². The SMILES string of the molecule is CC/C=C\C/C=C\C/C=C\C/C=C\C=C\C(O)C/C=C\CCC(=O)[O-]. The third kappa shape index (κ3) is 19.8. The average Bonchev–Trinajstić information content (AvgIpc) is 2.58. The van der Waals surface area contributed by atoms with Crippen LogP contribution in [0.25, 0.3) is 0 Å². The molecule has 0 saturated carbocycles. The zero-order chi connectivity index (χ0) is 18.6. The predicted octanol–water partition coefficient (Wildman–Crippen LogP) is 4.19. The van der Waals surface area contributed by atoms with Gasteiger partial charge in [-0.15, -0.1) is 0 Å². The fourth-order valence-corrected chi connectivity index (χ4v) is 1.87. The molecule has 3 nitrogen and oxygen atoms in total. The van der Waals surface area contributed by atoms with Crippen molar-refractivity contribution >= 4 is 5.97 Å². The molecule has 0 aliphatic rings. The number of aliphatic hydroxyl groups excluding tert-OH is 1. The third-order valence-corrected chi connectivity index (χ3v) is 3.19. The number of hydrogen-bond donors (Lipinski definition) is 1. The van der Waals surface area contributed by atoms with Gasteiger partial charge in [0.05, 0.1) is 6.10 Å². The van der Waals surface area contributed by atoms with Crippen molar-refractivity contribution in [2.24, 2.45) is 0 Å². The second-order valence-electron chi connectivity index (χ2n) is 5.53. The lowest BCUT2D eigenvalue weighted by Crippen LogP contribution is -2.21. The first-order chi connectivity index (χ1) is 12.2. The van der Waals surface area contributed by atoms with Crippen molar-refractivity contribution in [3.8, 4) is 0 Å². The van der Waals surface area contributed by atoms with E-state index < -0.39 is 12.1 Å². The minimum absolute atomic E-state index is 0.0182. The van der Waals surface area contributed by atoms with Crippen molar-refractivity contribution in [3.63, 3.8) is 0 Å². The summed E-state index contributed by atoms with van der Waals surface area (Å²) in [5.41, 5.74) is 0. The van der Waals surface area contributed by atoms with Crippen LogP contribution in [-0.4, -0.2) is 17.2 Å². The Labute approximate surface area is 152 Å². The molecule has 0 heterocycles. The molecule has 0 spiro atoms. The molecule has 0 amide bonds. The van der Waals surface area contributed by atoms with E-state index >= 15 is 0 Å². The van der Waals surface area contributed by atoms with Crippen LogP contribution in [0.15, 0.2) is 72.9 Å². The first-order valence-electron chi connectivity index (χ1n) is 8.98. The Kier molecular flexibility index (Phi) is 16.7. The van der Waals surface area contributed by atoms with Gasteiger partial charge in [0, 0.05) is 5.97 Å². The summed E-state index contributed by atoms with van der Waals surface area (Å²) in [4.78, 5) is 10.2. The maximum atomic E-state index is 10.2. The average molecular weight is 343 g/mol. The largest absolute Gasteiger partial charge is 0.550 e. The number of hydrogen-bond acceptors (Lipinski definition) is 3. The molecular weight excluding hydrogens is 312 g/mol. The van der Waals surface area contributed by atoms with Crippen LogP contribution < -0.4 is 5.11 Å². The summed E-state index contributed by atoms with van der Waals surface area (Å²) < 4.78 is 0. The number of carbonyl (C=O) groups is 1. The van der Waals surface area contributed by atoms with Gasteiger partial charge in [-0.3, -0.25) is 0 Å². The molecule has 138 valence electrons. The molecule has 0 fully saturated rings. The maximum absolute atomic E-state index is 10.2. The van der Waals surface area contributed by atoms with Gasteiger partial charge in [0.15, 0.2) is 0 Å². The van der Waals surface area contributed by atoms with Crippen LogP contribution in [-0.2, 0) is 4.79 Å². The van der Waals surface area contributed by atoms with Crippen molar-refractivity contribution in [2.75, 3.05) is 0 Å². The molecule has 0 saturated heterocycles. The number of allylic oxidation sites excluding steroid dienone is 10. The zero-order valence-corrected chi connectivity index (χ0v) is 15.2. The highest BCUT2D eigenvalue weighted by Gasteiger charge is 1.93. The second kappa shape index (κ2) is 18.2. The van der Waals surface area contributed by atoms with E-state index in [1.54, 1.807) is 18.2 Å². The Morgan fingerprint density at radius 2 is 1.48 bits per heavy atom. The molecule has 0 aromatic heterocycles. The molecule has 3 heteroatoms. The molecule has 0 rings (SSSR count). The maximum Gasteiger partial charge on any atom is 0.0758 e. The van der Waals surface area contributed by atoms with E-state index in [-0.39, 0.29) is 6.42 Å². The number of aliphatic carboxylic acids is 1. The van der Waals surface area contributed by atoms with E-state index in [0.717, 1.165) is 25.7 Å². The molecule has 1 unspecified atom stereocenters. The lowest BCUT2D eigenvalue weighted by atomic mass is 10.2. The molecule has 1 N–H and O–H groups in total. The van der Waals surface area contributed by atoms with E-state index in [9.17, 15) is 15.0 Å². The van der Waals surface area contributed by atoms with Gasteiger partial charge in [0.2, 0.25) is 0 Å². The molecule has 0 aromatic carbocycles. The first kappa shape index (κ1) is 22.9. The molecule has 0 aromatic rings. The zero-order valence-electron chi connectivity index (χ0n) is 15.2. The Hall–Kier alpha value is -2.13. The normalized spacial score (nSPS) is 14.3. The van der Waals surface area contributed by atoms with E-state index in [2.05, 4.69) is 43.4 Å². The number of carboxylic acid groups (broad SMARTS) is 1. The van der Waals surface area contributed by atoms with Gasteiger partial charge in [-0.2, -0.15) is 0 Å². The molecule has 0 aliphatic heterocycles. The molecule has 25 heavy (non-hydrogen) atoms. The van der Waals surface area contributed by atoms with Crippen molar-refractivity contribution in [3.05, 3.63) is 72.9 Å². The highest BCUT2D eigenvalue weighted by Crippen LogP contribution is 1.99. The van der Waals surface area contributed by atoms with Crippen molar-refractivity contribution in [1.29, 1.82) is 0 Å². The Morgan fingerprint density at radius 1 is 0.880 bits per heavy atom. The van der Waals surface area contributed by atoms with Crippen molar-refractivity contribution in [1.82, 2.24) is 0 Å². The Morgan fingerprint density at radius 3 is 2.08 bits per heavy atom. The summed E-state index contributed by atoms with van der Waals surface area (Å²) >= 11 is 0. The van der Waals surface area contributed by atoms with Gasteiger partial charge in [0.1, 0.15) is 0 Å². The number of aliphatic hydroxyl groups is 1. The van der Waals surface area contributed by atoms with Gasteiger partial charge >= 0.3 is 0 Å². The van der Waals surface area contributed by atoms with Gasteiger partial charge in [-0.05, 0) is 44.9 Å².